The first-order valence-corrected chi connectivity index (χ1v) is 8.29. The van der Waals surface area contributed by atoms with Crippen molar-refractivity contribution in [1.82, 2.24) is 0 Å². The number of methoxy groups -OCH3 is 1. The number of aldehydes is 1. The van der Waals surface area contributed by atoms with Crippen LogP contribution in [0.5, 0.6) is 11.5 Å². The van der Waals surface area contributed by atoms with Crippen LogP contribution in [0.25, 0.3) is 11.1 Å². The molecule has 0 saturated carbocycles. The lowest BCUT2D eigenvalue weighted by atomic mass is 10.0. The second kappa shape index (κ2) is 8.83. The highest BCUT2D eigenvalue weighted by atomic mass is 16.7. The number of benzene rings is 3. The number of carbonyl (C=O) groups excluding carboxylic acids is 1. The molecule has 4 nitrogen and oxygen atoms in total. The maximum atomic E-state index is 11.2. The third-order valence-electron chi connectivity index (χ3n) is 3.89. The van der Waals surface area contributed by atoms with Gasteiger partial charge in [-0.3, -0.25) is 4.79 Å². The van der Waals surface area contributed by atoms with Crippen molar-refractivity contribution in [2.24, 2.45) is 0 Å². The van der Waals surface area contributed by atoms with Gasteiger partial charge in [0.2, 0.25) is 0 Å². The van der Waals surface area contributed by atoms with E-state index in [1.807, 2.05) is 66.7 Å². The molecule has 132 valence electrons. The van der Waals surface area contributed by atoms with Gasteiger partial charge < -0.3 is 14.2 Å². The number of ether oxygens (including phenoxy) is 3. The fourth-order valence-corrected chi connectivity index (χ4v) is 2.63. The van der Waals surface area contributed by atoms with Crippen LogP contribution in [0, 0.1) is 0 Å². The second-order valence-electron chi connectivity index (χ2n) is 5.69. The largest absolute Gasteiger partial charge is 0.488 e. The van der Waals surface area contributed by atoms with Crippen LogP contribution in [-0.2, 0) is 11.3 Å². The molecule has 0 aliphatic heterocycles. The average molecular weight is 348 g/mol. The van der Waals surface area contributed by atoms with Gasteiger partial charge >= 0.3 is 0 Å². The van der Waals surface area contributed by atoms with Crippen LogP contribution in [0.2, 0.25) is 0 Å². The third kappa shape index (κ3) is 4.29. The summed E-state index contributed by atoms with van der Waals surface area (Å²) in [5.41, 5.74) is 3.30. The van der Waals surface area contributed by atoms with Gasteiger partial charge in [-0.25, -0.2) is 0 Å². The number of hydrogen-bond acceptors (Lipinski definition) is 4. The molecule has 3 rings (SSSR count). The Hall–Kier alpha value is -3.11. The van der Waals surface area contributed by atoms with Crippen molar-refractivity contribution in [2.75, 3.05) is 13.9 Å². The van der Waals surface area contributed by atoms with Gasteiger partial charge in [-0.1, -0.05) is 48.5 Å². The first kappa shape index (κ1) is 17.7. The summed E-state index contributed by atoms with van der Waals surface area (Å²) in [5, 5.41) is 0. The summed E-state index contributed by atoms with van der Waals surface area (Å²) in [4.78, 5) is 11.2. The maximum Gasteiger partial charge on any atom is 0.188 e. The molecule has 0 amide bonds. The van der Waals surface area contributed by atoms with E-state index in [1.165, 1.54) is 0 Å². The Morgan fingerprint density at radius 3 is 2.31 bits per heavy atom. The smallest absolute Gasteiger partial charge is 0.188 e. The normalized spacial score (nSPS) is 10.3. The molecule has 0 saturated heterocycles. The van der Waals surface area contributed by atoms with Crippen LogP contribution in [0.1, 0.15) is 15.9 Å². The molecule has 3 aromatic carbocycles. The Bertz CT molecular complexity index is 859. The van der Waals surface area contributed by atoms with E-state index in [-0.39, 0.29) is 6.79 Å². The lowest BCUT2D eigenvalue weighted by Gasteiger charge is -2.15. The number of carbonyl (C=O) groups is 1. The lowest BCUT2D eigenvalue weighted by molar-refractivity contribution is 0.0515. The van der Waals surface area contributed by atoms with E-state index in [4.69, 9.17) is 14.2 Å². The van der Waals surface area contributed by atoms with Crippen molar-refractivity contribution in [3.8, 4) is 22.6 Å². The molecule has 3 aromatic rings. The van der Waals surface area contributed by atoms with Crippen molar-refractivity contribution in [2.45, 2.75) is 6.61 Å². The lowest BCUT2D eigenvalue weighted by Crippen LogP contribution is -2.02. The maximum absolute atomic E-state index is 11.2. The highest BCUT2D eigenvalue weighted by Crippen LogP contribution is 2.37. The molecule has 0 aliphatic rings. The van der Waals surface area contributed by atoms with Crippen molar-refractivity contribution >= 4 is 6.29 Å². The van der Waals surface area contributed by atoms with Gasteiger partial charge in [-0.05, 0) is 29.8 Å². The Labute approximate surface area is 153 Å². The van der Waals surface area contributed by atoms with Gasteiger partial charge in [-0.15, -0.1) is 0 Å². The van der Waals surface area contributed by atoms with E-state index in [0.717, 1.165) is 23.0 Å². The molecule has 0 bridgehead atoms. The van der Waals surface area contributed by atoms with Crippen molar-refractivity contribution in [1.29, 1.82) is 0 Å². The third-order valence-corrected chi connectivity index (χ3v) is 3.89. The minimum absolute atomic E-state index is 0.143. The first-order chi connectivity index (χ1) is 12.8. The van der Waals surface area contributed by atoms with Crippen molar-refractivity contribution in [3.05, 3.63) is 83.9 Å². The Kier molecular flexibility index (Phi) is 6.01. The summed E-state index contributed by atoms with van der Waals surface area (Å²) in [5.74, 6) is 1.36. The van der Waals surface area contributed by atoms with E-state index in [1.54, 1.807) is 13.2 Å². The Morgan fingerprint density at radius 2 is 1.54 bits per heavy atom. The van der Waals surface area contributed by atoms with Crippen molar-refractivity contribution < 1.29 is 19.0 Å². The molecule has 0 unspecified atom stereocenters. The van der Waals surface area contributed by atoms with Crippen LogP contribution in [0.15, 0.2) is 72.8 Å². The van der Waals surface area contributed by atoms with Gasteiger partial charge in [0.15, 0.2) is 6.79 Å². The zero-order valence-electron chi connectivity index (χ0n) is 14.6. The van der Waals surface area contributed by atoms with Crippen LogP contribution in [0.4, 0.5) is 0 Å². The van der Waals surface area contributed by atoms with Gasteiger partial charge in [0.1, 0.15) is 24.4 Å². The summed E-state index contributed by atoms with van der Waals surface area (Å²) in [6.45, 7) is 0.583. The molecular formula is C22H20O4. The molecule has 0 fully saturated rings. The molecule has 0 radical (unpaired) electrons. The molecule has 0 atom stereocenters. The summed E-state index contributed by atoms with van der Waals surface area (Å²) in [7, 11) is 1.57. The zero-order valence-corrected chi connectivity index (χ0v) is 14.6. The molecule has 0 aliphatic carbocycles. The standard InChI is InChI=1S/C22H20O4/c1-24-16-26-21-10-6-5-9-19(21)20-13-18(14-23)11-12-22(20)25-15-17-7-3-2-4-8-17/h2-14H,15-16H2,1H3. The van der Waals surface area contributed by atoms with Crippen LogP contribution < -0.4 is 9.47 Å². The van der Waals surface area contributed by atoms with E-state index in [2.05, 4.69) is 0 Å². The predicted molar refractivity (Wildman–Crippen MR) is 101 cm³/mol. The highest BCUT2D eigenvalue weighted by molar-refractivity contribution is 5.83. The molecule has 0 N–H and O–H groups in total. The average Bonchev–Trinajstić information content (AvgIpc) is 2.71. The minimum atomic E-state index is 0.143. The molecule has 0 heterocycles. The van der Waals surface area contributed by atoms with Crippen LogP contribution in [0.3, 0.4) is 0 Å². The topological polar surface area (TPSA) is 44.8 Å². The van der Waals surface area contributed by atoms with Crippen LogP contribution in [-0.4, -0.2) is 20.2 Å². The molecule has 0 aromatic heterocycles. The molecular weight excluding hydrogens is 328 g/mol. The quantitative estimate of drug-likeness (QED) is 0.436. The minimum Gasteiger partial charge on any atom is -0.488 e. The van der Waals surface area contributed by atoms with Crippen LogP contribution >= 0.6 is 0 Å². The highest BCUT2D eigenvalue weighted by Gasteiger charge is 2.13. The molecule has 4 heteroatoms. The van der Waals surface area contributed by atoms with E-state index in [0.29, 0.717) is 23.7 Å². The van der Waals surface area contributed by atoms with Gasteiger partial charge in [0.25, 0.3) is 0 Å². The first-order valence-electron chi connectivity index (χ1n) is 8.29. The van der Waals surface area contributed by atoms with E-state index in [9.17, 15) is 4.79 Å². The van der Waals surface area contributed by atoms with Gasteiger partial charge in [-0.2, -0.15) is 0 Å². The zero-order chi connectivity index (χ0) is 18.2. The predicted octanol–water partition coefficient (Wildman–Crippen LogP) is 4.73. The molecule has 26 heavy (non-hydrogen) atoms. The Morgan fingerprint density at radius 1 is 0.808 bits per heavy atom. The summed E-state index contributed by atoms with van der Waals surface area (Å²) in [6, 6.07) is 22.9. The van der Waals surface area contributed by atoms with Crippen molar-refractivity contribution in [3.63, 3.8) is 0 Å². The summed E-state index contributed by atoms with van der Waals surface area (Å²) in [6.07, 6.45) is 0.823. The van der Waals surface area contributed by atoms with E-state index < -0.39 is 0 Å². The fraction of sp³-hybridized carbons (Fsp3) is 0.136. The Balaban J connectivity index is 1.96. The summed E-state index contributed by atoms with van der Waals surface area (Å²) >= 11 is 0. The number of rotatable bonds is 8. The number of hydrogen-bond donors (Lipinski definition) is 0. The second-order valence-corrected chi connectivity index (χ2v) is 5.69. The molecule has 0 spiro atoms. The SMILES string of the molecule is COCOc1ccccc1-c1cc(C=O)ccc1OCc1ccccc1. The fourth-order valence-electron chi connectivity index (χ4n) is 2.63. The monoisotopic (exact) mass is 348 g/mol. The van der Waals surface area contributed by atoms with E-state index >= 15 is 0 Å². The van der Waals surface area contributed by atoms with Gasteiger partial charge in [0.05, 0.1) is 0 Å². The number of para-hydroxylation sites is 1. The summed E-state index contributed by atoms with van der Waals surface area (Å²) < 4.78 is 16.7. The van der Waals surface area contributed by atoms with Gasteiger partial charge in [0, 0.05) is 23.8 Å².